The minimum Gasteiger partial charge on any atom is -0.469 e. The normalized spacial score (nSPS) is 15.6. The van der Waals surface area contributed by atoms with Crippen LogP contribution in [0.25, 0.3) is 0 Å². The van der Waals surface area contributed by atoms with Crippen LogP contribution in [-0.4, -0.2) is 36.3 Å². The molecule has 0 unspecified atom stereocenters. The number of hydrogen-bond acceptors (Lipinski definition) is 7. The number of benzene rings is 1. The minimum atomic E-state index is -3.87. The second-order valence-electron chi connectivity index (χ2n) is 7.68. The number of pyridine rings is 1. The summed E-state index contributed by atoms with van der Waals surface area (Å²) in [6.07, 6.45) is 5.31. The molecule has 0 saturated heterocycles. The summed E-state index contributed by atoms with van der Waals surface area (Å²) in [4.78, 5) is 15.7. The highest BCUT2D eigenvalue weighted by molar-refractivity contribution is 9.10. The minimum absolute atomic E-state index is 0.00744. The first-order valence-electron chi connectivity index (χ1n) is 10.5. The maximum atomic E-state index is 13.1. The van der Waals surface area contributed by atoms with E-state index in [2.05, 4.69) is 35.5 Å². The summed E-state index contributed by atoms with van der Waals surface area (Å²) < 4.78 is 41.5. The fraction of sp³-hybridized carbons (Fsp3) is 0.318. The summed E-state index contributed by atoms with van der Waals surface area (Å²) in [5, 5.41) is 4.93. The number of methoxy groups -OCH3 is 1. The second kappa shape index (κ2) is 10.4. The number of sulfonamides is 1. The van der Waals surface area contributed by atoms with Crippen LogP contribution >= 0.6 is 27.5 Å². The lowest BCUT2D eigenvalue weighted by Crippen LogP contribution is -2.31. The van der Waals surface area contributed by atoms with Crippen LogP contribution in [0.15, 0.2) is 52.1 Å². The van der Waals surface area contributed by atoms with Crippen molar-refractivity contribution in [1.82, 2.24) is 19.5 Å². The smallest absolute Gasteiger partial charge is 0.307 e. The van der Waals surface area contributed by atoms with Gasteiger partial charge in [-0.2, -0.15) is 5.10 Å². The molecule has 4 rings (SSSR count). The van der Waals surface area contributed by atoms with Crippen LogP contribution < -0.4 is 9.46 Å². The van der Waals surface area contributed by atoms with E-state index < -0.39 is 16.1 Å². The van der Waals surface area contributed by atoms with Crippen LogP contribution in [0.2, 0.25) is 5.02 Å². The number of hydrogen-bond donors (Lipinski definition) is 1. The standard InChI is InChI=1S/C22H22BrClN4O5S/c1-32-21(29)9-10-28-20-4-2-3-19(17(20)13-26-28)27-34(30,31)16-11-18(23)22(25-12-16)33-15-7-5-14(24)6-8-15/h5-8,11-13,19,27H,2-4,9-10H2,1H3/t19-/m1/s1. The zero-order chi connectivity index (χ0) is 24.3. The number of nitrogens with zero attached hydrogens (tertiary/aromatic N) is 3. The van der Waals surface area contributed by atoms with E-state index in [0.717, 1.165) is 24.1 Å². The van der Waals surface area contributed by atoms with Gasteiger partial charge in [-0.3, -0.25) is 9.48 Å². The lowest BCUT2D eigenvalue weighted by Gasteiger charge is -2.24. The number of carbonyl (C=O) groups excluding carboxylic acids is 1. The van der Waals surface area contributed by atoms with Crippen LogP contribution in [0.5, 0.6) is 11.6 Å². The van der Waals surface area contributed by atoms with Crippen LogP contribution in [0.3, 0.4) is 0 Å². The highest BCUT2D eigenvalue weighted by Gasteiger charge is 2.29. The van der Waals surface area contributed by atoms with E-state index in [-0.39, 0.29) is 23.2 Å². The van der Waals surface area contributed by atoms with E-state index in [1.165, 1.54) is 19.4 Å². The SMILES string of the molecule is COC(=O)CCn1ncc2c1CCC[C@H]2NS(=O)(=O)c1cnc(Oc2ccc(Cl)cc2)c(Br)c1. The van der Waals surface area contributed by atoms with E-state index >= 15 is 0 Å². The Morgan fingerprint density at radius 1 is 1.29 bits per heavy atom. The summed E-state index contributed by atoms with van der Waals surface area (Å²) in [5.74, 6) is 0.428. The number of aryl methyl sites for hydroxylation is 1. The molecular formula is C22H22BrClN4O5S. The third-order valence-corrected chi connectivity index (χ3v) is 7.70. The molecule has 34 heavy (non-hydrogen) atoms. The first-order chi connectivity index (χ1) is 16.3. The van der Waals surface area contributed by atoms with Gasteiger partial charge in [0.15, 0.2) is 0 Å². The Kier molecular flexibility index (Phi) is 7.56. The second-order valence-corrected chi connectivity index (χ2v) is 10.7. The van der Waals surface area contributed by atoms with Crippen LogP contribution in [0.1, 0.15) is 36.6 Å². The number of ether oxygens (including phenoxy) is 2. The summed E-state index contributed by atoms with van der Waals surface area (Å²) in [7, 11) is -2.52. The lowest BCUT2D eigenvalue weighted by molar-refractivity contribution is -0.140. The first-order valence-corrected chi connectivity index (χ1v) is 13.1. The Morgan fingerprint density at radius 2 is 2.06 bits per heavy atom. The molecule has 1 N–H and O–H groups in total. The van der Waals surface area contributed by atoms with E-state index in [1.54, 1.807) is 35.1 Å². The number of halogens is 2. The molecular weight excluding hydrogens is 548 g/mol. The predicted molar refractivity (Wildman–Crippen MR) is 128 cm³/mol. The maximum absolute atomic E-state index is 13.1. The van der Waals surface area contributed by atoms with Crippen LogP contribution in [0, 0.1) is 0 Å². The molecule has 0 bridgehead atoms. The third-order valence-electron chi connectivity index (χ3n) is 5.44. The Bertz CT molecular complexity index is 1300. The van der Waals surface area contributed by atoms with Crippen molar-refractivity contribution in [3.05, 3.63) is 63.5 Å². The summed E-state index contributed by atoms with van der Waals surface area (Å²) in [6, 6.07) is 7.77. The van der Waals surface area contributed by atoms with E-state index in [9.17, 15) is 13.2 Å². The fourth-order valence-corrected chi connectivity index (χ4v) is 5.66. The topological polar surface area (TPSA) is 112 Å². The van der Waals surface area contributed by atoms with E-state index in [4.69, 9.17) is 16.3 Å². The van der Waals surface area contributed by atoms with Crippen molar-refractivity contribution >= 4 is 43.5 Å². The molecule has 0 fully saturated rings. The van der Waals surface area contributed by atoms with Gasteiger partial charge in [0, 0.05) is 16.3 Å². The Morgan fingerprint density at radius 3 is 2.76 bits per heavy atom. The van der Waals surface area contributed by atoms with Gasteiger partial charge in [-0.15, -0.1) is 0 Å². The molecule has 2 heterocycles. The molecule has 2 aromatic heterocycles. The summed E-state index contributed by atoms with van der Waals surface area (Å²) in [6.45, 7) is 0.382. The Hall–Kier alpha value is -2.47. The van der Waals surface area contributed by atoms with Crippen molar-refractivity contribution < 1.29 is 22.7 Å². The predicted octanol–water partition coefficient (Wildman–Crippen LogP) is 4.41. The molecule has 1 atom stereocenters. The van der Waals surface area contributed by atoms with Gasteiger partial charge >= 0.3 is 5.97 Å². The molecule has 180 valence electrons. The zero-order valence-electron chi connectivity index (χ0n) is 18.2. The number of esters is 1. The highest BCUT2D eigenvalue weighted by atomic mass is 79.9. The molecule has 12 heteroatoms. The van der Waals surface area contributed by atoms with Crippen molar-refractivity contribution in [2.24, 2.45) is 0 Å². The lowest BCUT2D eigenvalue weighted by atomic mass is 9.94. The van der Waals surface area contributed by atoms with Gasteiger partial charge in [-0.1, -0.05) is 11.6 Å². The molecule has 0 amide bonds. The average molecular weight is 570 g/mol. The molecule has 0 saturated carbocycles. The van der Waals surface area contributed by atoms with Gasteiger partial charge in [-0.25, -0.2) is 18.1 Å². The molecule has 0 spiro atoms. The molecule has 1 aliphatic rings. The van der Waals surface area contributed by atoms with Gasteiger partial charge < -0.3 is 9.47 Å². The van der Waals surface area contributed by atoms with Gasteiger partial charge in [-0.05, 0) is 65.5 Å². The zero-order valence-corrected chi connectivity index (χ0v) is 21.4. The monoisotopic (exact) mass is 568 g/mol. The van der Waals surface area contributed by atoms with Crippen molar-refractivity contribution in [2.75, 3.05) is 7.11 Å². The van der Waals surface area contributed by atoms with Crippen LogP contribution in [0.4, 0.5) is 0 Å². The largest absolute Gasteiger partial charge is 0.469 e. The third kappa shape index (κ3) is 5.60. The Labute approximate surface area is 210 Å². The molecule has 1 aliphatic carbocycles. The fourth-order valence-electron chi connectivity index (χ4n) is 3.73. The molecule has 9 nitrogen and oxygen atoms in total. The average Bonchev–Trinajstić information content (AvgIpc) is 3.24. The number of nitrogens with one attached hydrogen (secondary N) is 1. The molecule has 0 aliphatic heterocycles. The summed E-state index contributed by atoms with van der Waals surface area (Å²) in [5.41, 5.74) is 1.74. The Balaban J connectivity index is 1.49. The van der Waals surface area contributed by atoms with Crippen LogP contribution in [-0.2, 0) is 32.5 Å². The molecule has 0 radical (unpaired) electrons. The van der Waals surface area contributed by atoms with Crippen molar-refractivity contribution in [3.8, 4) is 11.6 Å². The van der Waals surface area contributed by atoms with Crippen molar-refractivity contribution in [1.29, 1.82) is 0 Å². The van der Waals surface area contributed by atoms with E-state index in [0.29, 0.717) is 28.2 Å². The van der Waals surface area contributed by atoms with Gasteiger partial charge in [0.1, 0.15) is 10.6 Å². The van der Waals surface area contributed by atoms with Gasteiger partial charge in [0.2, 0.25) is 15.9 Å². The summed E-state index contributed by atoms with van der Waals surface area (Å²) >= 11 is 9.23. The number of rotatable bonds is 8. The van der Waals surface area contributed by atoms with Crippen molar-refractivity contribution in [3.63, 3.8) is 0 Å². The maximum Gasteiger partial charge on any atom is 0.307 e. The molecule has 1 aromatic carbocycles. The van der Waals surface area contributed by atoms with Gasteiger partial charge in [0.25, 0.3) is 0 Å². The quantitative estimate of drug-likeness (QED) is 0.400. The number of carbonyl (C=O) groups is 1. The number of fused-ring (bicyclic) bond motifs is 1. The first kappa shape index (κ1) is 24.6. The van der Waals surface area contributed by atoms with Crippen molar-refractivity contribution in [2.45, 2.75) is 43.2 Å². The van der Waals surface area contributed by atoms with E-state index in [1.807, 2.05) is 0 Å². The van der Waals surface area contributed by atoms with Gasteiger partial charge in [0.05, 0.1) is 43.0 Å². The number of aromatic nitrogens is 3. The highest BCUT2D eigenvalue weighted by Crippen LogP contribution is 2.33. The molecule has 3 aromatic rings.